The van der Waals surface area contributed by atoms with Gasteiger partial charge in [0.05, 0.1) is 16.7 Å². The van der Waals surface area contributed by atoms with Crippen molar-refractivity contribution in [3.05, 3.63) is 33.9 Å². The summed E-state index contributed by atoms with van der Waals surface area (Å²) in [6.45, 7) is 2.43. The summed E-state index contributed by atoms with van der Waals surface area (Å²) in [5.41, 5.74) is 4.23. The topological polar surface area (TPSA) is 93.7 Å². The summed E-state index contributed by atoms with van der Waals surface area (Å²) in [6.07, 6.45) is 2.36. The first kappa shape index (κ1) is 14.7. The molecule has 1 saturated heterocycles. The zero-order valence-corrected chi connectivity index (χ0v) is 11.5. The van der Waals surface area contributed by atoms with Crippen LogP contribution in [0.15, 0.2) is 18.2 Å². The molecule has 0 aromatic heterocycles. The first-order valence-corrected chi connectivity index (χ1v) is 6.63. The third-order valence-electron chi connectivity index (χ3n) is 3.64. The summed E-state index contributed by atoms with van der Waals surface area (Å²) >= 11 is 0. The lowest BCUT2D eigenvalue weighted by atomic mass is 10.1. The fourth-order valence-electron chi connectivity index (χ4n) is 2.56. The van der Waals surface area contributed by atoms with E-state index in [1.54, 1.807) is 19.2 Å². The van der Waals surface area contributed by atoms with Crippen molar-refractivity contribution >= 4 is 11.4 Å². The normalized spacial score (nSPS) is 19.8. The van der Waals surface area contributed by atoms with Crippen LogP contribution in [0, 0.1) is 10.1 Å². The highest BCUT2D eigenvalue weighted by molar-refractivity contribution is 5.55. The van der Waals surface area contributed by atoms with Gasteiger partial charge in [-0.05, 0) is 31.0 Å². The SMILES string of the molecule is COC1CCCN(Cc2cc([N+](=O)[O-])ccc2NN)C1. The quantitative estimate of drug-likeness (QED) is 0.482. The number of methoxy groups -OCH3 is 1. The molecule has 0 radical (unpaired) electrons. The number of nitrogens with zero attached hydrogens (tertiary/aromatic N) is 2. The predicted molar refractivity (Wildman–Crippen MR) is 76.2 cm³/mol. The number of likely N-dealkylation sites (tertiary alicyclic amines) is 1. The number of nitrogens with two attached hydrogens (primary N) is 1. The number of rotatable bonds is 5. The Morgan fingerprint density at radius 2 is 2.40 bits per heavy atom. The molecule has 1 aliphatic heterocycles. The highest BCUT2D eigenvalue weighted by Gasteiger charge is 2.21. The van der Waals surface area contributed by atoms with Gasteiger partial charge < -0.3 is 10.2 Å². The number of nitro benzene ring substituents is 1. The van der Waals surface area contributed by atoms with E-state index in [-0.39, 0.29) is 11.8 Å². The molecule has 0 aliphatic carbocycles. The van der Waals surface area contributed by atoms with Crippen molar-refractivity contribution in [2.24, 2.45) is 5.84 Å². The molecule has 20 heavy (non-hydrogen) atoms. The number of hydrogen-bond acceptors (Lipinski definition) is 6. The molecule has 3 N–H and O–H groups in total. The molecule has 1 heterocycles. The van der Waals surface area contributed by atoms with E-state index in [1.165, 1.54) is 6.07 Å². The van der Waals surface area contributed by atoms with Crippen LogP contribution in [-0.2, 0) is 11.3 Å². The van der Waals surface area contributed by atoms with Gasteiger partial charge >= 0.3 is 0 Å². The lowest BCUT2D eigenvalue weighted by Gasteiger charge is -2.32. The molecule has 0 amide bonds. The van der Waals surface area contributed by atoms with E-state index < -0.39 is 4.92 Å². The van der Waals surface area contributed by atoms with Gasteiger partial charge in [-0.15, -0.1) is 0 Å². The monoisotopic (exact) mass is 280 g/mol. The van der Waals surface area contributed by atoms with Crippen LogP contribution >= 0.6 is 0 Å². The fraction of sp³-hybridized carbons (Fsp3) is 0.538. The Kier molecular flexibility index (Phi) is 4.89. The number of nitrogen functional groups attached to an aromatic ring is 1. The van der Waals surface area contributed by atoms with Crippen molar-refractivity contribution in [3.8, 4) is 0 Å². The van der Waals surface area contributed by atoms with Gasteiger partial charge in [0.15, 0.2) is 0 Å². The molecular weight excluding hydrogens is 260 g/mol. The third-order valence-corrected chi connectivity index (χ3v) is 3.64. The molecular formula is C13H20N4O3. The van der Waals surface area contributed by atoms with Crippen LogP contribution in [0.5, 0.6) is 0 Å². The number of nitro groups is 1. The molecule has 110 valence electrons. The van der Waals surface area contributed by atoms with Gasteiger partial charge in [-0.1, -0.05) is 0 Å². The second kappa shape index (κ2) is 6.65. The Labute approximate surface area is 117 Å². The minimum Gasteiger partial charge on any atom is -0.380 e. The van der Waals surface area contributed by atoms with Crippen LogP contribution in [0.4, 0.5) is 11.4 Å². The van der Waals surface area contributed by atoms with E-state index in [2.05, 4.69) is 10.3 Å². The van der Waals surface area contributed by atoms with Crippen molar-refractivity contribution in [3.63, 3.8) is 0 Å². The average Bonchev–Trinajstić information content (AvgIpc) is 2.47. The van der Waals surface area contributed by atoms with Gasteiger partial charge in [0.1, 0.15) is 0 Å². The van der Waals surface area contributed by atoms with E-state index in [1.807, 2.05) is 0 Å². The number of benzene rings is 1. The van der Waals surface area contributed by atoms with Crippen LogP contribution in [0.3, 0.4) is 0 Å². The second-order valence-corrected chi connectivity index (χ2v) is 4.98. The van der Waals surface area contributed by atoms with Crippen molar-refractivity contribution in [1.82, 2.24) is 4.90 Å². The van der Waals surface area contributed by atoms with Gasteiger partial charge in [0.2, 0.25) is 0 Å². The molecule has 0 saturated carbocycles. The standard InChI is InChI=1S/C13H20N4O3/c1-20-12-3-2-6-16(9-12)8-10-7-11(17(18)19)4-5-13(10)15-14/h4-5,7,12,15H,2-3,6,8-9,14H2,1H3. The number of non-ortho nitro benzene ring substituents is 1. The summed E-state index contributed by atoms with van der Waals surface area (Å²) in [6, 6.07) is 4.67. The summed E-state index contributed by atoms with van der Waals surface area (Å²) in [5, 5.41) is 10.9. The van der Waals surface area contributed by atoms with Crippen molar-refractivity contribution in [2.45, 2.75) is 25.5 Å². The fourth-order valence-corrected chi connectivity index (χ4v) is 2.56. The predicted octanol–water partition coefficient (Wildman–Crippen LogP) is 1.49. The molecule has 1 aliphatic rings. The van der Waals surface area contributed by atoms with Crippen LogP contribution in [0.25, 0.3) is 0 Å². The first-order valence-electron chi connectivity index (χ1n) is 6.63. The highest BCUT2D eigenvalue weighted by atomic mass is 16.6. The van der Waals surface area contributed by atoms with Crippen molar-refractivity contribution in [1.29, 1.82) is 0 Å². The summed E-state index contributed by atoms with van der Waals surface area (Å²) in [4.78, 5) is 12.7. The molecule has 7 heteroatoms. The van der Waals surface area contributed by atoms with E-state index in [0.29, 0.717) is 6.54 Å². The molecule has 0 spiro atoms. The number of hydrazine groups is 1. The molecule has 1 atom stereocenters. The van der Waals surface area contributed by atoms with E-state index in [0.717, 1.165) is 37.2 Å². The minimum atomic E-state index is -0.391. The highest BCUT2D eigenvalue weighted by Crippen LogP contribution is 2.24. The smallest absolute Gasteiger partial charge is 0.269 e. The summed E-state index contributed by atoms with van der Waals surface area (Å²) in [5.74, 6) is 5.47. The van der Waals surface area contributed by atoms with Gasteiger partial charge in [-0.2, -0.15) is 0 Å². The van der Waals surface area contributed by atoms with Gasteiger partial charge in [-0.25, -0.2) is 0 Å². The Morgan fingerprint density at radius 1 is 1.60 bits per heavy atom. The van der Waals surface area contributed by atoms with Crippen LogP contribution in [0.1, 0.15) is 18.4 Å². The molecule has 1 aromatic rings. The third kappa shape index (κ3) is 3.44. The zero-order chi connectivity index (χ0) is 14.5. The maximum atomic E-state index is 10.9. The lowest BCUT2D eigenvalue weighted by molar-refractivity contribution is -0.384. The van der Waals surface area contributed by atoms with Gasteiger partial charge in [0, 0.05) is 32.3 Å². The molecule has 0 bridgehead atoms. The average molecular weight is 280 g/mol. The number of hydrogen-bond donors (Lipinski definition) is 2. The molecule has 1 aromatic carbocycles. The summed E-state index contributed by atoms with van der Waals surface area (Å²) in [7, 11) is 1.72. The van der Waals surface area contributed by atoms with Crippen LogP contribution in [-0.4, -0.2) is 36.1 Å². The van der Waals surface area contributed by atoms with E-state index in [4.69, 9.17) is 10.6 Å². The van der Waals surface area contributed by atoms with E-state index >= 15 is 0 Å². The minimum absolute atomic E-state index is 0.0827. The van der Waals surface area contributed by atoms with Crippen molar-refractivity contribution in [2.75, 3.05) is 25.6 Å². The largest absolute Gasteiger partial charge is 0.380 e. The Morgan fingerprint density at radius 3 is 3.05 bits per heavy atom. The second-order valence-electron chi connectivity index (χ2n) is 4.98. The Hall–Kier alpha value is -1.70. The molecule has 1 unspecified atom stereocenters. The maximum Gasteiger partial charge on any atom is 0.269 e. The number of piperidine rings is 1. The zero-order valence-electron chi connectivity index (χ0n) is 11.5. The molecule has 7 nitrogen and oxygen atoms in total. The number of anilines is 1. The van der Waals surface area contributed by atoms with Gasteiger partial charge in [0.25, 0.3) is 5.69 Å². The Balaban J connectivity index is 2.14. The molecule has 2 rings (SSSR count). The Bertz CT molecular complexity index is 481. The number of ether oxygens (including phenoxy) is 1. The van der Waals surface area contributed by atoms with Crippen LogP contribution in [0.2, 0.25) is 0 Å². The van der Waals surface area contributed by atoms with Gasteiger partial charge in [-0.3, -0.25) is 20.9 Å². The summed E-state index contributed by atoms with van der Waals surface area (Å²) < 4.78 is 5.39. The number of nitrogens with one attached hydrogen (secondary N) is 1. The lowest BCUT2D eigenvalue weighted by Crippen LogP contribution is -2.38. The van der Waals surface area contributed by atoms with E-state index in [9.17, 15) is 10.1 Å². The maximum absolute atomic E-state index is 10.9. The van der Waals surface area contributed by atoms with Crippen LogP contribution < -0.4 is 11.3 Å². The first-order chi connectivity index (χ1) is 9.63. The van der Waals surface area contributed by atoms with Crippen molar-refractivity contribution < 1.29 is 9.66 Å². The molecule has 1 fully saturated rings.